The van der Waals surface area contributed by atoms with Gasteiger partial charge in [-0.3, -0.25) is 4.79 Å². The van der Waals surface area contributed by atoms with Gasteiger partial charge in [0.05, 0.1) is 17.6 Å². The first-order valence-electron chi connectivity index (χ1n) is 7.26. The fourth-order valence-electron chi connectivity index (χ4n) is 2.72. The lowest BCUT2D eigenvalue weighted by Gasteiger charge is -2.23. The molecule has 0 spiro atoms. The summed E-state index contributed by atoms with van der Waals surface area (Å²) in [5.41, 5.74) is 0. The summed E-state index contributed by atoms with van der Waals surface area (Å²) in [6.45, 7) is 2.24. The first kappa shape index (κ1) is 15.7. The van der Waals surface area contributed by atoms with Crippen LogP contribution in [0, 0.1) is 0 Å². The molecule has 0 saturated carbocycles. The van der Waals surface area contributed by atoms with Gasteiger partial charge in [0.1, 0.15) is 0 Å². The third-order valence-electron chi connectivity index (χ3n) is 4.06. The lowest BCUT2D eigenvalue weighted by atomic mass is 10.2. The van der Waals surface area contributed by atoms with Gasteiger partial charge in [0.25, 0.3) is 0 Å². The molecule has 0 aromatic carbocycles. The number of nitrogens with zero attached hydrogens (tertiary/aromatic N) is 1. The van der Waals surface area contributed by atoms with Crippen LogP contribution in [0.1, 0.15) is 25.7 Å². The van der Waals surface area contributed by atoms with Gasteiger partial charge in [-0.2, -0.15) is 0 Å². The summed E-state index contributed by atoms with van der Waals surface area (Å²) >= 11 is 0. The molecule has 1 amide bonds. The molecule has 0 aromatic heterocycles. The van der Waals surface area contributed by atoms with Gasteiger partial charge >= 0.3 is 0 Å². The molecule has 7 heteroatoms. The minimum absolute atomic E-state index is 0.00643. The van der Waals surface area contributed by atoms with Crippen molar-refractivity contribution in [1.29, 1.82) is 0 Å². The van der Waals surface area contributed by atoms with Gasteiger partial charge in [0.15, 0.2) is 9.84 Å². The van der Waals surface area contributed by atoms with E-state index in [0.717, 1.165) is 26.0 Å². The molecule has 116 valence electrons. The number of ether oxygens (including phenoxy) is 1. The Morgan fingerprint density at radius 1 is 1.40 bits per heavy atom. The number of hydrogen-bond donors (Lipinski definition) is 1. The summed E-state index contributed by atoms with van der Waals surface area (Å²) in [7, 11) is -1.23. The van der Waals surface area contributed by atoms with Crippen molar-refractivity contribution in [3.63, 3.8) is 0 Å². The quantitative estimate of drug-likeness (QED) is 0.687. The van der Waals surface area contributed by atoms with Crippen LogP contribution in [-0.4, -0.2) is 69.6 Å². The molecular formula is C13H24N2O4S. The fourth-order valence-corrected chi connectivity index (χ4v) is 4.50. The van der Waals surface area contributed by atoms with E-state index in [9.17, 15) is 13.2 Å². The molecular weight excluding hydrogens is 280 g/mol. The lowest BCUT2D eigenvalue weighted by molar-refractivity contribution is -0.131. The normalized spacial score (nSPS) is 28.6. The molecule has 6 nitrogen and oxygen atoms in total. The zero-order chi connectivity index (χ0) is 14.6. The minimum Gasteiger partial charge on any atom is -0.377 e. The van der Waals surface area contributed by atoms with E-state index in [1.54, 1.807) is 11.9 Å². The Balaban J connectivity index is 1.64. The van der Waals surface area contributed by atoms with Gasteiger partial charge < -0.3 is 15.0 Å². The van der Waals surface area contributed by atoms with E-state index >= 15 is 0 Å². The van der Waals surface area contributed by atoms with E-state index < -0.39 is 9.84 Å². The van der Waals surface area contributed by atoms with Crippen LogP contribution in [0.15, 0.2) is 0 Å². The minimum atomic E-state index is -2.94. The highest BCUT2D eigenvalue weighted by Crippen LogP contribution is 2.17. The van der Waals surface area contributed by atoms with Gasteiger partial charge in [0, 0.05) is 39.2 Å². The molecule has 2 saturated heterocycles. The maximum atomic E-state index is 12.0. The smallest absolute Gasteiger partial charge is 0.223 e. The van der Waals surface area contributed by atoms with Crippen molar-refractivity contribution < 1.29 is 17.9 Å². The monoisotopic (exact) mass is 304 g/mol. The first-order valence-corrected chi connectivity index (χ1v) is 9.08. The largest absolute Gasteiger partial charge is 0.377 e. The first-order chi connectivity index (χ1) is 9.48. The molecule has 0 bridgehead atoms. The molecule has 2 aliphatic heterocycles. The topological polar surface area (TPSA) is 75.7 Å². The molecule has 20 heavy (non-hydrogen) atoms. The van der Waals surface area contributed by atoms with Crippen molar-refractivity contribution in [3.05, 3.63) is 0 Å². The van der Waals surface area contributed by atoms with Crippen LogP contribution in [0.4, 0.5) is 0 Å². The van der Waals surface area contributed by atoms with Crippen LogP contribution in [-0.2, 0) is 19.4 Å². The Hall–Kier alpha value is -0.660. The molecule has 1 N–H and O–H groups in total. The average molecular weight is 304 g/mol. The van der Waals surface area contributed by atoms with Crippen molar-refractivity contribution in [2.24, 2.45) is 0 Å². The third kappa shape index (κ3) is 4.43. The van der Waals surface area contributed by atoms with Crippen molar-refractivity contribution >= 4 is 15.7 Å². The summed E-state index contributed by atoms with van der Waals surface area (Å²) in [4.78, 5) is 13.6. The van der Waals surface area contributed by atoms with Crippen LogP contribution in [0.3, 0.4) is 0 Å². The Morgan fingerprint density at radius 3 is 2.80 bits per heavy atom. The number of rotatable bonds is 6. The standard InChI is InChI=1S/C13H24N2O4S/c1-15(11-5-8-20(17,18)10-11)13(16)4-6-14-9-12-3-2-7-19-12/h11-12,14H,2-10H2,1H3. The van der Waals surface area contributed by atoms with E-state index in [2.05, 4.69) is 5.32 Å². The lowest BCUT2D eigenvalue weighted by Crippen LogP contribution is -2.39. The van der Waals surface area contributed by atoms with Gasteiger partial charge in [-0.25, -0.2) is 8.42 Å². The second-order valence-electron chi connectivity index (χ2n) is 5.65. The summed E-state index contributed by atoms with van der Waals surface area (Å²) in [6, 6.07) is -0.148. The maximum Gasteiger partial charge on any atom is 0.223 e. The van der Waals surface area contributed by atoms with Crippen LogP contribution >= 0.6 is 0 Å². The molecule has 0 aliphatic carbocycles. The maximum absolute atomic E-state index is 12.0. The van der Waals surface area contributed by atoms with Crippen LogP contribution in [0.25, 0.3) is 0 Å². The predicted octanol–water partition coefficient (Wildman–Crippen LogP) is -0.209. The van der Waals surface area contributed by atoms with E-state index in [4.69, 9.17) is 4.74 Å². The highest BCUT2D eigenvalue weighted by Gasteiger charge is 2.32. The second kappa shape index (κ2) is 6.87. The summed E-state index contributed by atoms with van der Waals surface area (Å²) in [5.74, 6) is 0.317. The predicted molar refractivity (Wildman–Crippen MR) is 76.3 cm³/mol. The molecule has 2 heterocycles. The average Bonchev–Trinajstić information content (AvgIpc) is 3.02. The Bertz CT molecular complexity index is 432. The van der Waals surface area contributed by atoms with Crippen LogP contribution < -0.4 is 5.32 Å². The summed E-state index contributed by atoms with van der Waals surface area (Å²) in [5, 5.41) is 3.23. The zero-order valence-electron chi connectivity index (χ0n) is 12.0. The SMILES string of the molecule is CN(C(=O)CCNCC1CCCO1)C1CCS(=O)(=O)C1. The molecule has 2 rings (SSSR count). The van der Waals surface area contributed by atoms with Crippen LogP contribution in [0.2, 0.25) is 0 Å². The highest BCUT2D eigenvalue weighted by molar-refractivity contribution is 7.91. The van der Waals surface area contributed by atoms with Crippen LogP contribution in [0.5, 0.6) is 0 Å². The molecule has 2 aliphatic rings. The Morgan fingerprint density at radius 2 is 2.20 bits per heavy atom. The van der Waals surface area contributed by atoms with Gasteiger partial charge in [-0.15, -0.1) is 0 Å². The molecule has 2 unspecified atom stereocenters. The van der Waals surface area contributed by atoms with Crippen molar-refractivity contribution in [2.75, 3.05) is 38.2 Å². The van der Waals surface area contributed by atoms with Crippen molar-refractivity contribution in [2.45, 2.75) is 37.8 Å². The van der Waals surface area contributed by atoms with E-state index in [1.165, 1.54) is 0 Å². The molecule has 0 aromatic rings. The van der Waals surface area contributed by atoms with E-state index in [1.807, 2.05) is 0 Å². The zero-order valence-corrected chi connectivity index (χ0v) is 12.8. The number of sulfone groups is 1. The van der Waals surface area contributed by atoms with E-state index in [-0.39, 0.29) is 29.6 Å². The summed E-state index contributed by atoms with van der Waals surface area (Å²) in [6.07, 6.45) is 3.45. The Kier molecular flexibility index (Phi) is 5.40. The van der Waals surface area contributed by atoms with Gasteiger partial charge in [-0.1, -0.05) is 0 Å². The van der Waals surface area contributed by atoms with Gasteiger partial charge in [-0.05, 0) is 19.3 Å². The number of amides is 1. The number of hydrogen-bond acceptors (Lipinski definition) is 5. The molecule has 2 atom stereocenters. The second-order valence-corrected chi connectivity index (χ2v) is 7.88. The number of carbonyl (C=O) groups excluding carboxylic acids is 1. The van der Waals surface area contributed by atoms with Crippen molar-refractivity contribution in [3.8, 4) is 0 Å². The molecule has 2 fully saturated rings. The van der Waals surface area contributed by atoms with Crippen molar-refractivity contribution in [1.82, 2.24) is 10.2 Å². The highest BCUT2D eigenvalue weighted by atomic mass is 32.2. The van der Waals surface area contributed by atoms with Gasteiger partial charge in [0.2, 0.25) is 5.91 Å². The number of carbonyl (C=O) groups is 1. The van der Waals surface area contributed by atoms with E-state index in [0.29, 0.717) is 19.4 Å². The molecule has 0 radical (unpaired) electrons. The Labute approximate surface area is 120 Å². The fraction of sp³-hybridized carbons (Fsp3) is 0.923. The third-order valence-corrected chi connectivity index (χ3v) is 5.81. The number of nitrogens with one attached hydrogen (secondary N) is 1. The summed E-state index contributed by atoms with van der Waals surface area (Å²) < 4.78 is 28.3.